The van der Waals surface area contributed by atoms with E-state index >= 15 is 0 Å². The maximum Gasteiger partial charge on any atom is 0.290 e. The standard InChI is InChI=1S/C16H29NO3S/c1-7-17-15-12(4)8-13(21(18,19)20)9-14(15)16(5,6)10-11(2)3/h9,11-12,17H,7-8,10H2,1-6H3,(H,18,19,20). The van der Waals surface area contributed by atoms with Crippen molar-refractivity contribution in [3.05, 3.63) is 22.3 Å². The van der Waals surface area contributed by atoms with E-state index in [0.717, 1.165) is 24.2 Å². The maximum absolute atomic E-state index is 11.5. The molecule has 0 fully saturated rings. The Morgan fingerprint density at radius 1 is 1.43 bits per heavy atom. The minimum Gasteiger partial charge on any atom is -0.388 e. The van der Waals surface area contributed by atoms with Crippen molar-refractivity contribution in [1.82, 2.24) is 5.32 Å². The highest BCUT2D eigenvalue weighted by atomic mass is 32.2. The van der Waals surface area contributed by atoms with Crippen molar-refractivity contribution in [1.29, 1.82) is 0 Å². The van der Waals surface area contributed by atoms with Crippen LogP contribution in [0, 0.1) is 17.3 Å². The molecule has 0 saturated heterocycles. The predicted octanol–water partition coefficient (Wildman–Crippen LogP) is 3.73. The van der Waals surface area contributed by atoms with Crippen LogP contribution in [0.1, 0.15) is 54.4 Å². The van der Waals surface area contributed by atoms with Crippen LogP contribution in [0.5, 0.6) is 0 Å². The van der Waals surface area contributed by atoms with Crippen LogP contribution in [0.3, 0.4) is 0 Å². The summed E-state index contributed by atoms with van der Waals surface area (Å²) in [5, 5.41) is 3.39. The van der Waals surface area contributed by atoms with Crippen molar-refractivity contribution < 1.29 is 13.0 Å². The quantitative estimate of drug-likeness (QED) is 0.733. The molecule has 0 aromatic heterocycles. The molecule has 2 N–H and O–H groups in total. The van der Waals surface area contributed by atoms with Gasteiger partial charge in [0, 0.05) is 18.2 Å². The smallest absolute Gasteiger partial charge is 0.290 e. The third-order valence-electron chi connectivity index (χ3n) is 3.94. The Bertz CT molecular complexity index is 542. The molecule has 0 amide bonds. The number of rotatable bonds is 6. The number of hydrogen-bond donors (Lipinski definition) is 2. The molecule has 1 aliphatic rings. The summed E-state index contributed by atoms with van der Waals surface area (Å²) >= 11 is 0. The first-order valence-corrected chi connectivity index (χ1v) is 9.09. The van der Waals surface area contributed by atoms with Crippen LogP contribution in [0.4, 0.5) is 0 Å². The molecule has 0 aromatic carbocycles. The SMILES string of the molecule is CCNC1=C(C(C)(C)CC(C)C)C=C(S(=O)(=O)O)CC1C. The highest BCUT2D eigenvalue weighted by Crippen LogP contribution is 2.42. The number of nitrogens with one attached hydrogen (secondary N) is 1. The molecule has 1 rings (SSSR count). The molecule has 0 bridgehead atoms. The van der Waals surface area contributed by atoms with Gasteiger partial charge in [-0.3, -0.25) is 4.55 Å². The molecule has 0 saturated carbocycles. The second-order valence-corrected chi connectivity index (χ2v) is 8.50. The zero-order chi connectivity index (χ0) is 16.4. The Morgan fingerprint density at radius 3 is 2.43 bits per heavy atom. The Balaban J connectivity index is 3.40. The zero-order valence-corrected chi connectivity index (χ0v) is 14.8. The van der Waals surface area contributed by atoms with Crippen LogP contribution in [-0.2, 0) is 10.1 Å². The van der Waals surface area contributed by atoms with E-state index in [9.17, 15) is 13.0 Å². The zero-order valence-electron chi connectivity index (χ0n) is 14.0. The van der Waals surface area contributed by atoms with Crippen LogP contribution in [-0.4, -0.2) is 19.5 Å². The van der Waals surface area contributed by atoms with Crippen molar-refractivity contribution >= 4 is 10.1 Å². The Labute approximate surface area is 129 Å². The van der Waals surface area contributed by atoms with Crippen LogP contribution in [0.25, 0.3) is 0 Å². The van der Waals surface area contributed by atoms with Crippen LogP contribution in [0.15, 0.2) is 22.3 Å². The summed E-state index contributed by atoms with van der Waals surface area (Å²) < 4.78 is 32.5. The van der Waals surface area contributed by atoms with Gasteiger partial charge in [-0.2, -0.15) is 8.42 Å². The molecule has 1 aliphatic carbocycles. The van der Waals surface area contributed by atoms with Gasteiger partial charge in [0.05, 0.1) is 4.91 Å². The normalized spacial score (nSPS) is 20.8. The van der Waals surface area contributed by atoms with E-state index in [-0.39, 0.29) is 16.2 Å². The molecule has 0 spiro atoms. The van der Waals surface area contributed by atoms with Crippen molar-refractivity contribution in [2.75, 3.05) is 6.54 Å². The number of allylic oxidation sites excluding steroid dienone is 4. The van der Waals surface area contributed by atoms with Crippen LogP contribution < -0.4 is 5.32 Å². The van der Waals surface area contributed by atoms with E-state index in [1.807, 2.05) is 13.8 Å². The molecule has 0 aliphatic heterocycles. The molecule has 4 nitrogen and oxygen atoms in total. The summed E-state index contributed by atoms with van der Waals surface area (Å²) in [5.74, 6) is 0.573. The lowest BCUT2D eigenvalue weighted by molar-refractivity contribution is 0.340. The lowest BCUT2D eigenvalue weighted by Crippen LogP contribution is -2.30. The van der Waals surface area contributed by atoms with Gasteiger partial charge in [0.15, 0.2) is 0 Å². The molecule has 1 atom stereocenters. The van der Waals surface area contributed by atoms with Gasteiger partial charge >= 0.3 is 0 Å². The fourth-order valence-corrected chi connectivity index (χ4v) is 4.02. The summed E-state index contributed by atoms with van der Waals surface area (Å²) in [6.45, 7) is 13.4. The number of hydrogen-bond acceptors (Lipinski definition) is 3. The minimum absolute atomic E-state index is 0.0633. The van der Waals surface area contributed by atoms with E-state index in [4.69, 9.17) is 0 Å². The predicted molar refractivity (Wildman–Crippen MR) is 87.4 cm³/mol. The van der Waals surface area contributed by atoms with E-state index < -0.39 is 10.1 Å². The molecule has 0 radical (unpaired) electrons. The van der Waals surface area contributed by atoms with Crippen LogP contribution >= 0.6 is 0 Å². The summed E-state index contributed by atoms with van der Waals surface area (Å²) in [4.78, 5) is 0.128. The average molecular weight is 315 g/mol. The van der Waals surface area contributed by atoms with Crippen molar-refractivity contribution in [2.45, 2.75) is 54.4 Å². The van der Waals surface area contributed by atoms with Gasteiger partial charge in [-0.05, 0) is 42.7 Å². The first-order chi connectivity index (χ1) is 9.49. The maximum atomic E-state index is 11.5. The summed E-state index contributed by atoms with van der Waals surface area (Å²) in [6, 6.07) is 0. The second kappa shape index (κ2) is 6.53. The Kier molecular flexibility index (Phi) is 5.67. The molecular formula is C16H29NO3S. The van der Waals surface area contributed by atoms with Gasteiger partial charge in [-0.25, -0.2) is 0 Å². The Hall–Kier alpha value is -0.810. The van der Waals surface area contributed by atoms with E-state index in [1.165, 1.54) is 0 Å². The topological polar surface area (TPSA) is 66.4 Å². The first kappa shape index (κ1) is 18.2. The second-order valence-electron chi connectivity index (χ2n) is 7.03. The van der Waals surface area contributed by atoms with Crippen LogP contribution in [0.2, 0.25) is 0 Å². The summed E-state index contributed by atoms with van der Waals surface area (Å²) in [7, 11) is -4.12. The monoisotopic (exact) mass is 315 g/mol. The lowest BCUT2D eigenvalue weighted by Gasteiger charge is -2.36. The van der Waals surface area contributed by atoms with Crippen molar-refractivity contribution in [3.63, 3.8) is 0 Å². The van der Waals surface area contributed by atoms with E-state index in [1.54, 1.807) is 6.08 Å². The van der Waals surface area contributed by atoms with E-state index in [2.05, 4.69) is 33.0 Å². The average Bonchev–Trinajstić information content (AvgIpc) is 2.28. The molecule has 0 aromatic rings. The van der Waals surface area contributed by atoms with Gasteiger partial charge in [-0.1, -0.05) is 34.6 Å². The fourth-order valence-electron chi connectivity index (χ4n) is 3.30. The molecular weight excluding hydrogens is 286 g/mol. The summed E-state index contributed by atoms with van der Waals surface area (Å²) in [6.07, 6.45) is 2.98. The minimum atomic E-state index is -4.12. The van der Waals surface area contributed by atoms with Crippen molar-refractivity contribution in [3.8, 4) is 0 Å². The molecule has 5 heteroatoms. The fraction of sp³-hybridized carbons (Fsp3) is 0.750. The van der Waals surface area contributed by atoms with Gasteiger partial charge in [0.2, 0.25) is 0 Å². The summed E-state index contributed by atoms with van der Waals surface area (Å²) in [5.41, 5.74) is 1.97. The van der Waals surface area contributed by atoms with Crippen molar-refractivity contribution in [2.24, 2.45) is 17.3 Å². The molecule has 21 heavy (non-hydrogen) atoms. The third kappa shape index (κ3) is 4.58. The van der Waals surface area contributed by atoms with Gasteiger partial charge in [-0.15, -0.1) is 0 Å². The largest absolute Gasteiger partial charge is 0.388 e. The third-order valence-corrected chi connectivity index (χ3v) is 4.89. The molecule has 1 unspecified atom stereocenters. The Morgan fingerprint density at radius 2 is 2.00 bits per heavy atom. The lowest BCUT2D eigenvalue weighted by atomic mass is 9.73. The molecule has 0 heterocycles. The first-order valence-electron chi connectivity index (χ1n) is 7.65. The highest BCUT2D eigenvalue weighted by molar-refractivity contribution is 7.89. The van der Waals surface area contributed by atoms with Gasteiger partial charge in [0.1, 0.15) is 0 Å². The highest BCUT2D eigenvalue weighted by Gasteiger charge is 2.33. The van der Waals surface area contributed by atoms with Gasteiger partial charge < -0.3 is 5.32 Å². The molecule has 122 valence electrons. The van der Waals surface area contributed by atoms with Gasteiger partial charge in [0.25, 0.3) is 10.1 Å². The van der Waals surface area contributed by atoms with E-state index in [0.29, 0.717) is 12.3 Å².